The van der Waals surface area contributed by atoms with Gasteiger partial charge in [-0.15, -0.1) is 0 Å². The van der Waals surface area contributed by atoms with E-state index in [-0.39, 0.29) is 17.4 Å². The molecule has 0 radical (unpaired) electrons. The first kappa shape index (κ1) is 21.3. The Bertz CT molecular complexity index is 942. The lowest BCUT2D eigenvalue weighted by molar-refractivity contribution is 0.0628. The van der Waals surface area contributed by atoms with Crippen molar-refractivity contribution in [2.75, 3.05) is 32.8 Å². The SMILES string of the molecule is O=C(c1ccc(OCC2CCCN(C(=O)c3ccc(F)cc3F)C2)cc1)N1CCCC1. The molecule has 0 aromatic heterocycles. The third kappa shape index (κ3) is 5.03. The summed E-state index contributed by atoms with van der Waals surface area (Å²) in [6.45, 7) is 3.06. The highest BCUT2D eigenvalue weighted by molar-refractivity contribution is 5.95. The van der Waals surface area contributed by atoms with Crippen molar-refractivity contribution in [3.05, 3.63) is 65.2 Å². The number of hydrogen-bond acceptors (Lipinski definition) is 3. The lowest BCUT2D eigenvalue weighted by Gasteiger charge is -2.32. The minimum Gasteiger partial charge on any atom is -0.493 e. The smallest absolute Gasteiger partial charge is 0.256 e. The predicted octanol–water partition coefficient (Wildman–Crippen LogP) is 4.13. The van der Waals surface area contributed by atoms with Gasteiger partial charge < -0.3 is 14.5 Å². The van der Waals surface area contributed by atoms with E-state index in [0.29, 0.717) is 31.0 Å². The van der Waals surface area contributed by atoms with E-state index in [1.165, 1.54) is 6.07 Å². The van der Waals surface area contributed by atoms with Crippen LogP contribution in [0.25, 0.3) is 0 Å². The number of rotatable bonds is 5. The first-order chi connectivity index (χ1) is 15.0. The summed E-state index contributed by atoms with van der Waals surface area (Å²) in [6, 6.07) is 10.2. The van der Waals surface area contributed by atoms with E-state index in [0.717, 1.165) is 50.9 Å². The topological polar surface area (TPSA) is 49.9 Å². The largest absolute Gasteiger partial charge is 0.493 e. The molecule has 2 aromatic rings. The maximum absolute atomic E-state index is 14.0. The van der Waals surface area contributed by atoms with E-state index in [2.05, 4.69) is 0 Å². The molecule has 164 valence electrons. The summed E-state index contributed by atoms with van der Waals surface area (Å²) in [6.07, 6.45) is 3.82. The lowest BCUT2D eigenvalue weighted by atomic mass is 9.98. The molecule has 31 heavy (non-hydrogen) atoms. The zero-order valence-electron chi connectivity index (χ0n) is 17.4. The van der Waals surface area contributed by atoms with Gasteiger partial charge in [-0.25, -0.2) is 8.78 Å². The summed E-state index contributed by atoms with van der Waals surface area (Å²) in [4.78, 5) is 28.5. The standard InChI is InChI=1S/C24H26F2N2O3/c25-19-7-10-21(22(26)14-19)24(30)28-13-3-4-17(15-28)16-31-20-8-5-18(6-9-20)23(29)27-11-1-2-12-27/h5-10,14,17H,1-4,11-13,15-16H2. The normalized spacial score (nSPS) is 18.8. The van der Waals surface area contributed by atoms with Crippen molar-refractivity contribution in [2.45, 2.75) is 25.7 Å². The first-order valence-corrected chi connectivity index (χ1v) is 10.8. The Hall–Kier alpha value is -2.96. The number of likely N-dealkylation sites (tertiary alicyclic amines) is 2. The molecule has 4 rings (SSSR count). The van der Waals surface area contributed by atoms with Gasteiger partial charge in [-0.2, -0.15) is 0 Å². The Kier molecular flexibility index (Phi) is 6.49. The van der Waals surface area contributed by atoms with Crippen LogP contribution in [0, 0.1) is 17.6 Å². The van der Waals surface area contributed by atoms with Gasteiger partial charge in [0.25, 0.3) is 11.8 Å². The van der Waals surface area contributed by atoms with Crippen molar-refractivity contribution < 1.29 is 23.1 Å². The number of carbonyl (C=O) groups excluding carboxylic acids is 2. The van der Waals surface area contributed by atoms with Crippen molar-refractivity contribution in [2.24, 2.45) is 5.92 Å². The zero-order chi connectivity index (χ0) is 21.8. The summed E-state index contributed by atoms with van der Waals surface area (Å²) in [7, 11) is 0. The summed E-state index contributed by atoms with van der Waals surface area (Å²) >= 11 is 0. The number of ether oxygens (including phenoxy) is 1. The van der Waals surface area contributed by atoms with E-state index in [1.807, 2.05) is 4.90 Å². The Balaban J connectivity index is 1.31. The summed E-state index contributed by atoms with van der Waals surface area (Å²) < 4.78 is 33.0. The number of hydrogen-bond donors (Lipinski definition) is 0. The van der Waals surface area contributed by atoms with Crippen molar-refractivity contribution in [1.29, 1.82) is 0 Å². The van der Waals surface area contributed by atoms with Gasteiger partial charge in [-0.1, -0.05) is 0 Å². The van der Waals surface area contributed by atoms with Crippen molar-refractivity contribution in [3.8, 4) is 5.75 Å². The molecule has 2 heterocycles. The molecule has 2 saturated heterocycles. The van der Waals surface area contributed by atoms with Gasteiger partial charge >= 0.3 is 0 Å². The molecule has 0 saturated carbocycles. The second-order valence-electron chi connectivity index (χ2n) is 8.22. The van der Waals surface area contributed by atoms with Gasteiger partial charge in [0, 0.05) is 43.7 Å². The molecule has 1 unspecified atom stereocenters. The van der Waals surface area contributed by atoms with Crippen molar-refractivity contribution in [3.63, 3.8) is 0 Å². The number of halogens is 2. The second kappa shape index (κ2) is 9.45. The van der Waals surface area contributed by atoms with Gasteiger partial charge in [-0.3, -0.25) is 9.59 Å². The highest BCUT2D eigenvalue weighted by Gasteiger charge is 2.27. The van der Waals surface area contributed by atoms with Crippen LogP contribution in [0.15, 0.2) is 42.5 Å². The van der Waals surface area contributed by atoms with E-state index in [4.69, 9.17) is 4.74 Å². The second-order valence-corrected chi connectivity index (χ2v) is 8.22. The highest BCUT2D eigenvalue weighted by Crippen LogP contribution is 2.22. The van der Waals surface area contributed by atoms with Crippen LogP contribution in [0.3, 0.4) is 0 Å². The molecular formula is C24H26F2N2O3. The molecule has 0 bridgehead atoms. The zero-order valence-corrected chi connectivity index (χ0v) is 17.4. The number of carbonyl (C=O) groups is 2. The Morgan fingerprint density at radius 3 is 2.32 bits per heavy atom. The van der Waals surface area contributed by atoms with Gasteiger partial charge in [-0.05, 0) is 62.1 Å². The molecule has 2 aromatic carbocycles. The first-order valence-electron chi connectivity index (χ1n) is 10.8. The summed E-state index contributed by atoms with van der Waals surface area (Å²) in [5, 5.41) is 0. The molecule has 7 heteroatoms. The number of nitrogens with zero attached hydrogens (tertiary/aromatic N) is 2. The molecule has 2 aliphatic heterocycles. The highest BCUT2D eigenvalue weighted by atomic mass is 19.1. The van der Waals surface area contributed by atoms with Crippen LogP contribution in [0.4, 0.5) is 8.78 Å². The van der Waals surface area contributed by atoms with Crippen LogP contribution in [0.5, 0.6) is 5.75 Å². The van der Waals surface area contributed by atoms with Crippen LogP contribution in [0.2, 0.25) is 0 Å². The van der Waals surface area contributed by atoms with Crippen LogP contribution in [-0.2, 0) is 0 Å². The Labute approximate surface area is 180 Å². The molecule has 1 atom stereocenters. The number of benzene rings is 2. The van der Waals surface area contributed by atoms with Crippen molar-refractivity contribution in [1.82, 2.24) is 9.80 Å². The fraction of sp³-hybridized carbons (Fsp3) is 0.417. The van der Waals surface area contributed by atoms with Crippen LogP contribution in [-0.4, -0.2) is 54.4 Å². The minimum atomic E-state index is -0.841. The molecule has 0 aliphatic carbocycles. The van der Waals surface area contributed by atoms with Gasteiger partial charge in [0.05, 0.1) is 12.2 Å². The van der Waals surface area contributed by atoms with E-state index in [1.54, 1.807) is 29.2 Å². The Morgan fingerprint density at radius 1 is 0.903 bits per heavy atom. The maximum atomic E-state index is 14.0. The Morgan fingerprint density at radius 2 is 1.61 bits per heavy atom. The average Bonchev–Trinajstić information content (AvgIpc) is 3.32. The summed E-state index contributed by atoms with van der Waals surface area (Å²) in [5.41, 5.74) is 0.547. The maximum Gasteiger partial charge on any atom is 0.256 e. The predicted molar refractivity (Wildman–Crippen MR) is 112 cm³/mol. The fourth-order valence-corrected chi connectivity index (χ4v) is 4.23. The van der Waals surface area contributed by atoms with E-state index >= 15 is 0 Å². The average molecular weight is 428 g/mol. The number of piperidine rings is 1. The third-order valence-electron chi connectivity index (χ3n) is 5.95. The monoisotopic (exact) mass is 428 g/mol. The van der Waals surface area contributed by atoms with Crippen LogP contribution < -0.4 is 4.74 Å². The summed E-state index contributed by atoms with van der Waals surface area (Å²) in [5.74, 6) is -1.12. The molecular weight excluding hydrogens is 402 g/mol. The van der Waals surface area contributed by atoms with Crippen LogP contribution >= 0.6 is 0 Å². The minimum absolute atomic E-state index is 0.0542. The molecule has 0 spiro atoms. The van der Waals surface area contributed by atoms with Crippen LogP contribution in [0.1, 0.15) is 46.4 Å². The van der Waals surface area contributed by atoms with E-state index in [9.17, 15) is 18.4 Å². The molecule has 2 amide bonds. The molecule has 2 fully saturated rings. The molecule has 2 aliphatic rings. The molecule has 5 nitrogen and oxygen atoms in total. The van der Waals surface area contributed by atoms with Gasteiger partial charge in [0.15, 0.2) is 0 Å². The molecule has 0 N–H and O–H groups in total. The fourth-order valence-electron chi connectivity index (χ4n) is 4.23. The number of amides is 2. The quantitative estimate of drug-likeness (QED) is 0.720. The third-order valence-corrected chi connectivity index (χ3v) is 5.95. The van der Waals surface area contributed by atoms with E-state index < -0.39 is 17.5 Å². The lowest BCUT2D eigenvalue weighted by Crippen LogP contribution is -2.41. The van der Waals surface area contributed by atoms with Gasteiger partial charge in [0.2, 0.25) is 0 Å². The van der Waals surface area contributed by atoms with Crippen molar-refractivity contribution >= 4 is 11.8 Å². The van der Waals surface area contributed by atoms with Gasteiger partial charge in [0.1, 0.15) is 17.4 Å².